The van der Waals surface area contributed by atoms with E-state index < -0.39 is 11.5 Å². The van der Waals surface area contributed by atoms with Gasteiger partial charge in [-0.3, -0.25) is 4.98 Å². The molecule has 0 unspecified atom stereocenters. The maximum absolute atomic E-state index is 13.0. The summed E-state index contributed by atoms with van der Waals surface area (Å²) in [6.45, 7) is 6.27. The highest BCUT2D eigenvalue weighted by atomic mass is 35.5. The summed E-state index contributed by atoms with van der Waals surface area (Å²) >= 11 is 6.28. The molecule has 1 aliphatic heterocycles. The molecule has 0 bridgehead atoms. The third-order valence-corrected chi connectivity index (χ3v) is 11.9. The third-order valence-electron chi connectivity index (χ3n) is 11.7. The van der Waals surface area contributed by atoms with Gasteiger partial charge in [-0.1, -0.05) is 31.5 Å². The summed E-state index contributed by atoms with van der Waals surface area (Å²) in [4.78, 5) is 17.6. The summed E-state index contributed by atoms with van der Waals surface area (Å²) in [7, 11) is 1.70. The molecule has 262 valence electrons. The van der Waals surface area contributed by atoms with Crippen LogP contribution in [0.4, 0.5) is 5.69 Å². The number of carbonyl (C=O) groups is 1. The molecule has 9 heteroatoms. The third kappa shape index (κ3) is 6.71. The number of aromatic nitrogens is 1. The number of fused-ring (bicyclic) bond motifs is 4. The molecule has 2 aromatic carbocycles. The van der Waals surface area contributed by atoms with Crippen LogP contribution in [-0.2, 0) is 27.8 Å². The van der Waals surface area contributed by atoms with E-state index in [9.17, 15) is 9.90 Å². The van der Waals surface area contributed by atoms with E-state index >= 15 is 0 Å². The first kappa shape index (κ1) is 34.0. The van der Waals surface area contributed by atoms with Crippen molar-refractivity contribution in [1.29, 1.82) is 0 Å². The minimum Gasteiger partial charge on any atom is -0.493 e. The molecule has 1 aromatic heterocycles. The summed E-state index contributed by atoms with van der Waals surface area (Å²) in [6.07, 6.45) is 10.3. The van der Waals surface area contributed by atoms with Crippen LogP contribution in [0.5, 0.6) is 17.2 Å². The molecule has 4 atom stereocenters. The Morgan fingerprint density at radius 3 is 2.76 bits per heavy atom. The van der Waals surface area contributed by atoms with Crippen molar-refractivity contribution in [3.63, 3.8) is 0 Å². The maximum atomic E-state index is 13.0. The zero-order valence-corrected chi connectivity index (χ0v) is 29.7. The summed E-state index contributed by atoms with van der Waals surface area (Å²) in [5.74, 6) is 2.79. The van der Waals surface area contributed by atoms with Crippen molar-refractivity contribution in [1.82, 2.24) is 4.98 Å². The lowest BCUT2D eigenvalue weighted by Crippen LogP contribution is -2.53. The molecule has 2 heterocycles. The van der Waals surface area contributed by atoms with Crippen molar-refractivity contribution >= 4 is 23.3 Å². The lowest BCUT2D eigenvalue weighted by molar-refractivity contribution is -0.144. The van der Waals surface area contributed by atoms with Crippen LogP contribution in [0.25, 0.3) is 0 Å². The first-order valence-electron chi connectivity index (χ1n) is 18.0. The number of aliphatic carboxylic acids is 1. The first-order valence-corrected chi connectivity index (χ1v) is 18.4. The number of benzene rings is 2. The lowest BCUT2D eigenvalue weighted by atomic mass is 9.59. The Labute approximate surface area is 294 Å². The zero-order chi connectivity index (χ0) is 34.2. The molecular weight excluding hydrogens is 640 g/mol. The van der Waals surface area contributed by atoms with Crippen LogP contribution in [0.1, 0.15) is 93.5 Å². The summed E-state index contributed by atoms with van der Waals surface area (Å²) in [5.41, 5.74) is 4.50. The maximum Gasteiger partial charge on any atom is 0.329 e. The lowest BCUT2D eigenvalue weighted by Gasteiger charge is -2.47. The van der Waals surface area contributed by atoms with Crippen LogP contribution in [0.3, 0.4) is 0 Å². The fourth-order valence-electron chi connectivity index (χ4n) is 9.16. The highest BCUT2D eigenvalue weighted by Crippen LogP contribution is 2.58. The van der Waals surface area contributed by atoms with Gasteiger partial charge in [0.25, 0.3) is 0 Å². The Kier molecular flexibility index (Phi) is 9.73. The highest BCUT2D eigenvalue weighted by molar-refractivity contribution is 6.30. The number of rotatable bonds is 10. The monoisotopic (exact) mass is 688 g/mol. The number of hydrogen-bond donors (Lipinski definition) is 2. The highest BCUT2D eigenvalue weighted by Gasteiger charge is 2.54. The molecule has 4 aliphatic rings. The van der Waals surface area contributed by atoms with Crippen molar-refractivity contribution in [3.05, 3.63) is 76.1 Å². The van der Waals surface area contributed by atoms with Crippen LogP contribution in [0.15, 0.2) is 48.7 Å². The Bertz CT molecular complexity index is 1670. The van der Waals surface area contributed by atoms with Gasteiger partial charge in [-0.05, 0) is 128 Å². The fourth-order valence-corrected chi connectivity index (χ4v) is 9.35. The molecule has 8 nitrogen and oxygen atoms in total. The molecule has 1 spiro atoms. The number of aryl methyl sites for hydroxylation is 1. The number of carboxylic acid groups (broad SMARTS) is 1. The summed E-state index contributed by atoms with van der Waals surface area (Å²) < 4.78 is 24.7. The topological polar surface area (TPSA) is 99.1 Å². The van der Waals surface area contributed by atoms with Gasteiger partial charge in [0.15, 0.2) is 11.5 Å². The van der Waals surface area contributed by atoms with Gasteiger partial charge in [-0.25, -0.2) is 4.79 Å². The van der Waals surface area contributed by atoms with E-state index in [1.165, 1.54) is 35.2 Å². The van der Waals surface area contributed by atoms with E-state index in [2.05, 4.69) is 36.3 Å². The SMILES string of the molecule is COC[C@@H]1CCOc2cc3c(cc2O1)C[C@H](C[C@@H](C)COc1ccnc2c1[C@H](C)CCC2)C31CCC(Nc2cccc(Cl)c2)(C(=O)O)CC1. The minimum absolute atomic E-state index is 0.0577. The molecule has 2 N–H and O–H groups in total. The van der Waals surface area contributed by atoms with Gasteiger partial charge in [0.05, 0.1) is 19.8 Å². The van der Waals surface area contributed by atoms with Crippen LogP contribution in [-0.4, -0.2) is 54.6 Å². The second kappa shape index (κ2) is 14.0. The number of hydrogen-bond acceptors (Lipinski definition) is 7. The normalized spacial score (nSPS) is 27.9. The average Bonchev–Trinajstić information content (AvgIpc) is 3.20. The second-order valence-electron chi connectivity index (χ2n) is 15.0. The van der Waals surface area contributed by atoms with Gasteiger partial charge >= 0.3 is 5.97 Å². The molecule has 3 aromatic rings. The largest absolute Gasteiger partial charge is 0.493 e. The number of carboxylic acids is 1. The molecule has 1 fully saturated rings. The number of anilines is 1. The molecule has 0 saturated heterocycles. The van der Waals surface area contributed by atoms with Crippen molar-refractivity contribution in [3.8, 4) is 17.2 Å². The fraction of sp³-hybridized carbons (Fsp3) is 0.550. The number of methoxy groups -OCH3 is 1. The van der Waals surface area contributed by atoms with E-state index in [0.29, 0.717) is 55.4 Å². The molecule has 0 radical (unpaired) electrons. The van der Waals surface area contributed by atoms with Crippen LogP contribution in [0.2, 0.25) is 5.02 Å². The predicted molar refractivity (Wildman–Crippen MR) is 190 cm³/mol. The number of pyridine rings is 1. The molecule has 0 amide bonds. The second-order valence-corrected chi connectivity index (χ2v) is 15.4. The molecule has 1 saturated carbocycles. The van der Waals surface area contributed by atoms with Crippen molar-refractivity contribution in [2.75, 3.05) is 32.2 Å². The average molecular weight is 689 g/mol. The Morgan fingerprint density at radius 1 is 1.14 bits per heavy atom. The standard InChI is InChI=1S/C40H49ClN2O6/c1-25(23-48-34-10-16-42-33-9-4-6-26(2)37(33)34)18-28-19-27-20-36-35(47-17-11-31(49-36)24-46-3)22-32(27)39(28)12-14-40(15-13-39,38(44)45)43-30-8-5-7-29(41)21-30/h5,7-8,10,16,20-22,25-26,28,31,43H,4,6,9,11-15,17-19,23-24H2,1-3H3,(H,44,45)/t25-,26-,28+,31+,39?,40?/m1/s1. The van der Waals surface area contributed by atoms with E-state index in [4.69, 9.17) is 30.5 Å². The number of halogens is 1. The van der Waals surface area contributed by atoms with E-state index in [0.717, 1.165) is 61.5 Å². The van der Waals surface area contributed by atoms with Crippen molar-refractivity contribution < 1.29 is 28.8 Å². The van der Waals surface area contributed by atoms with E-state index in [1.54, 1.807) is 19.2 Å². The van der Waals surface area contributed by atoms with Gasteiger partial charge in [0.1, 0.15) is 17.4 Å². The van der Waals surface area contributed by atoms with Gasteiger partial charge < -0.3 is 29.4 Å². The van der Waals surface area contributed by atoms with Gasteiger partial charge in [0.2, 0.25) is 0 Å². The molecule has 7 rings (SSSR count). The van der Waals surface area contributed by atoms with Crippen LogP contribution < -0.4 is 19.5 Å². The van der Waals surface area contributed by atoms with E-state index in [-0.39, 0.29) is 11.5 Å². The van der Waals surface area contributed by atoms with E-state index in [1.807, 2.05) is 24.4 Å². The van der Waals surface area contributed by atoms with Gasteiger partial charge in [-0.15, -0.1) is 0 Å². The summed E-state index contributed by atoms with van der Waals surface area (Å²) in [6, 6.07) is 13.8. The van der Waals surface area contributed by atoms with Gasteiger partial charge in [-0.2, -0.15) is 0 Å². The van der Waals surface area contributed by atoms with Crippen LogP contribution >= 0.6 is 11.6 Å². The number of ether oxygens (including phenoxy) is 4. The molecule has 3 aliphatic carbocycles. The quantitative estimate of drug-likeness (QED) is 0.219. The molecule has 49 heavy (non-hydrogen) atoms. The molecular formula is C40H49ClN2O6. The number of nitrogens with zero attached hydrogens (tertiary/aromatic N) is 1. The Hall–Kier alpha value is -3.49. The van der Waals surface area contributed by atoms with Crippen LogP contribution in [0, 0.1) is 11.8 Å². The van der Waals surface area contributed by atoms with Crippen molar-refractivity contribution in [2.45, 2.75) is 101 Å². The predicted octanol–water partition coefficient (Wildman–Crippen LogP) is 8.38. The Morgan fingerprint density at radius 2 is 1.98 bits per heavy atom. The summed E-state index contributed by atoms with van der Waals surface area (Å²) in [5, 5.41) is 14.6. The van der Waals surface area contributed by atoms with Crippen molar-refractivity contribution in [2.24, 2.45) is 11.8 Å². The number of nitrogens with one attached hydrogen (secondary N) is 1. The smallest absolute Gasteiger partial charge is 0.329 e. The van der Waals surface area contributed by atoms with Gasteiger partial charge in [0, 0.05) is 41.7 Å². The zero-order valence-electron chi connectivity index (χ0n) is 28.9. The Balaban J connectivity index is 1.16. The first-order chi connectivity index (χ1) is 23.7. The minimum atomic E-state index is -1.08.